The van der Waals surface area contributed by atoms with Crippen molar-refractivity contribution in [3.05, 3.63) is 47.8 Å². The molecule has 2 atom stereocenters. The summed E-state index contributed by atoms with van der Waals surface area (Å²) in [6.07, 6.45) is 8.55. The third kappa shape index (κ3) is 3.82. The van der Waals surface area contributed by atoms with Gasteiger partial charge in [-0.05, 0) is 37.9 Å². The Balaban J connectivity index is 1.33. The van der Waals surface area contributed by atoms with E-state index in [1.807, 2.05) is 38.8 Å². The van der Waals surface area contributed by atoms with Gasteiger partial charge in [0.05, 0.1) is 25.0 Å². The molecule has 2 saturated heterocycles. The molecule has 0 bridgehead atoms. The Labute approximate surface area is 166 Å². The number of imidazole rings is 1. The summed E-state index contributed by atoms with van der Waals surface area (Å²) < 4.78 is 7.82. The SMILES string of the molecule is Cc1cc(CNC(=O)[C@]23COC[C@H]2CN(CCCn2ccnc2)C3)cnc1C. The van der Waals surface area contributed by atoms with Gasteiger partial charge in [0.25, 0.3) is 0 Å². The number of rotatable bonds is 7. The lowest BCUT2D eigenvalue weighted by Gasteiger charge is -2.26. The predicted molar refractivity (Wildman–Crippen MR) is 106 cm³/mol. The van der Waals surface area contributed by atoms with Crippen LogP contribution < -0.4 is 5.32 Å². The molecular weight excluding hydrogens is 354 g/mol. The molecule has 4 rings (SSSR count). The molecule has 7 heteroatoms. The van der Waals surface area contributed by atoms with Crippen LogP contribution >= 0.6 is 0 Å². The molecule has 2 aliphatic heterocycles. The summed E-state index contributed by atoms with van der Waals surface area (Å²) in [5.74, 6) is 0.393. The summed E-state index contributed by atoms with van der Waals surface area (Å²) in [5.41, 5.74) is 2.80. The van der Waals surface area contributed by atoms with E-state index < -0.39 is 5.41 Å². The van der Waals surface area contributed by atoms with Crippen LogP contribution in [0, 0.1) is 25.2 Å². The van der Waals surface area contributed by atoms with Crippen LogP contribution in [0.4, 0.5) is 0 Å². The van der Waals surface area contributed by atoms with Crippen LogP contribution in [0.25, 0.3) is 0 Å². The third-order valence-corrected chi connectivity index (χ3v) is 6.20. The Hall–Kier alpha value is -2.25. The zero-order valence-corrected chi connectivity index (χ0v) is 16.7. The van der Waals surface area contributed by atoms with Crippen molar-refractivity contribution in [2.45, 2.75) is 33.4 Å². The number of hydrogen-bond donors (Lipinski definition) is 1. The molecule has 0 aromatic carbocycles. The third-order valence-electron chi connectivity index (χ3n) is 6.20. The normalized spacial score (nSPS) is 24.4. The van der Waals surface area contributed by atoms with Crippen molar-refractivity contribution in [3.63, 3.8) is 0 Å². The van der Waals surface area contributed by atoms with Crippen molar-refractivity contribution in [2.24, 2.45) is 11.3 Å². The van der Waals surface area contributed by atoms with Gasteiger partial charge in [0.1, 0.15) is 0 Å². The fourth-order valence-corrected chi connectivity index (χ4v) is 4.38. The number of carbonyl (C=O) groups excluding carboxylic acids is 1. The molecule has 0 unspecified atom stereocenters. The largest absolute Gasteiger partial charge is 0.380 e. The Morgan fingerprint density at radius 2 is 2.29 bits per heavy atom. The molecular formula is C21H29N5O2. The highest BCUT2D eigenvalue weighted by molar-refractivity contribution is 5.84. The molecule has 0 radical (unpaired) electrons. The summed E-state index contributed by atoms with van der Waals surface area (Å²) in [6, 6.07) is 2.10. The van der Waals surface area contributed by atoms with Gasteiger partial charge < -0.3 is 19.5 Å². The van der Waals surface area contributed by atoms with Gasteiger partial charge in [-0.3, -0.25) is 9.78 Å². The van der Waals surface area contributed by atoms with Gasteiger partial charge in [-0.2, -0.15) is 0 Å². The number of pyridine rings is 1. The fourth-order valence-electron chi connectivity index (χ4n) is 4.38. The summed E-state index contributed by atoms with van der Waals surface area (Å²) >= 11 is 0. The first kappa shape index (κ1) is 19.1. The lowest BCUT2D eigenvalue weighted by Crippen LogP contribution is -2.46. The molecule has 1 amide bonds. The van der Waals surface area contributed by atoms with Crippen molar-refractivity contribution in [2.75, 3.05) is 32.8 Å². The number of amides is 1. The van der Waals surface area contributed by atoms with Crippen LogP contribution in [0.5, 0.6) is 0 Å². The minimum atomic E-state index is -0.415. The number of likely N-dealkylation sites (tertiary alicyclic amines) is 1. The standard InChI is InChI=1S/C21H29N5O2/c1-16-8-18(9-23-17(16)2)10-24-20(27)21-13-26(11-19(21)12-28-14-21)6-3-5-25-7-4-22-15-25/h4,7-9,15,19H,3,5-6,10-14H2,1-2H3,(H,24,27)/t19-,21-/m1/s1. The first-order chi connectivity index (χ1) is 13.6. The molecule has 7 nitrogen and oxygen atoms in total. The molecule has 2 fully saturated rings. The molecule has 0 spiro atoms. The van der Waals surface area contributed by atoms with Gasteiger partial charge in [-0.25, -0.2) is 4.98 Å². The lowest BCUT2D eigenvalue weighted by atomic mass is 9.80. The second-order valence-electron chi connectivity index (χ2n) is 8.19. The Kier molecular flexibility index (Phi) is 5.46. The average molecular weight is 383 g/mol. The number of aromatic nitrogens is 3. The van der Waals surface area contributed by atoms with E-state index in [4.69, 9.17) is 4.74 Å². The fraction of sp³-hybridized carbons (Fsp3) is 0.571. The Morgan fingerprint density at radius 1 is 1.39 bits per heavy atom. The first-order valence-corrected chi connectivity index (χ1v) is 10.0. The molecule has 1 N–H and O–H groups in total. The molecule has 2 aromatic rings. The summed E-state index contributed by atoms with van der Waals surface area (Å²) in [4.78, 5) is 24.0. The van der Waals surface area contributed by atoms with E-state index >= 15 is 0 Å². The van der Waals surface area contributed by atoms with Crippen LogP contribution in [0.3, 0.4) is 0 Å². The Bertz CT molecular complexity index is 822. The van der Waals surface area contributed by atoms with E-state index in [1.165, 1.54) is 0 Å². The van der Waals surface area contributed by atoms with Crippen LogP contribution in [0.15, 0.2) is 31.0 Å². The van der Waals surface area contributed by atoms with Gasteiger partial charge in [-0.15, -0.1) is 0 Å². The smallest absolute Gasteiger partial charge is 0.230 e. The minimum Gasteiger partial charge on any atom is -0.380 e. The zero-order chi connectivity index (χ0) is 19.6. The maximum Gasteiger partial charge on any atom is 0.230 e. The molecule has 2 aliphatic rings. The highest BCUT2D eigenvalue weighted by Crippen LogP contribution is 2.41. The molecule has 150 valence electrons. The van der Waals surface area contributed by atoms with E-state index in [2.05, 4.69) is 30.8 Å². The van der Waals surface area contributed by atoms with E-state index in [-0.39, 0.29) is 11.8 Å². The van der Waals surface area contributed by atoms with E-state index in [0.29, 0.717) is 19.8 Å². The van der Waals surface area contributed by atoms with Crippen LogP contribution in [0.2, 0.25) is 0 Å². The van der Waals surface area contributed by atoms with Crippen LogP contribution in [0.1, 0.15) is 23.2 Å². The number of aryl methyl sites for hydroxylation is 3. The second-order valence-corrected chi connectivity index (χ2v) is 8.19. The number of fused-ring (bicyclic) bond motifs is 1. The van der Waals surface area contributed by atoms with Crippen LogP contribution in [-0.4, -0.2) is 58.2 Å². The summed E-state index contributed by atoms with van der Waals surface area (Å²) in [5, 5.41) is 3.15. The van der Waals surface area contributed by atoms with E-state index in [1.54, 1.807) is 0 Å². The van der Waals surface area contributed by atoms with Crippen molar-refractivity contribution in [1.82, 2.24) is 24.8 Å². The summed E-state index contributed by atoms with van der Waals surface area (Å²) in [7, 11) is 0. The number of hydrogen-bond acceptors (Lipinski definition) is 5. The molecule has 2 aromatic heterocycles. The van der Waals surface area contributed by atoms with Crippen molar-refractivity contribution >= 4 is 5.91 Å². The number of nitrogens with zero attached hydrogens (tertiary/aromatic N) is 4. The predicted octanol–water partition coefficient (Wildman–Crippen LogP) is 1.55. The van der Waals surface area contributed by atoms with Gasteiger partial charge in [0.15, 0.2) is 0 Å². The van der Waals surface area contributed by atoms with Gasteiger partial charge >= 0.3 is 0 Å². The molecule has 0 saturated carbocycles. The maximum atomic E-state index is 13.1. The summed E-state index contributed by atoms with van der Waals surface area (Å²) in [6.45, 7) is 9.41. The second kappa shape index (κ2) is 8.01. The van der Waals surface area contributed by atoms with Crippen molar-refractivity contribution in [1.29, 1.82) is 0 Å². The van der Waals surface area contributed by atoms with Crippen molar-refractivity contribution < 1.29 is 9.53 Å². The highest BCUT2D eigenvalue weighted by atomic mass is 16.5. The Morgan fingerprint density at radius 3 is 3.07 bits per heavy atom. The number of carbonyl (C=O) groups is 1. The number of nitrogens with one attached hydrogen (secondary N) is 1. The lowest BCUT2D eigenvalue weighted by molar-refractivity contribution is -0.131. The highest BCUT2D eigenvalue weighted by Gasteiger charge is 2.55. The average Bonchev–Trinajstić information content (AvgIpc) is 3.39. The number of ether oxygens (including phenoxy) is 1. The first-order valence-electron chi connectivity index (χ1n) is 10.0. The quantitative estimate of drug-likeness (QED) is 0.785. The van der Waals surface area contributed by atoms with Gasteiger partial charge in [-0.1, -0.05) is 6.07 Å². The monoisotopic (exact) mass is 383 g/mol. The van der Waals surface area contributed by atoms with Gasteiger partial charge in [0.2, 0.25) is 5.91 Å². The van der Waals surface area contributed by atoms with E-state index in [9.17, 15) is 4.79 Å². The van der Waals surface area contributed by atoms with Crippen molar-refractivity contribution in [3.8, 4) is 0 Å². The topological polar surface area (TPSA) is 72.3 Å². The molecule has 4 heterocycles. The molecule has 28 heavy (non-hydrogen) atoms. The maximum absolute atomic E-state index is 13.1. The minimum absolute atomic E-state index is 0.116. The van der Waals surface area contributed by atoms with E-state index in [0.717, 1.165) is 49.4 Å². The van der Waals surface area contributed by atoms with Gasteiger partial charge in [0, 0.05) is 56.4 Å². The van der Waals surface area contributed by atoms with Crippen LogP contribution in [-0.2, 0) is 22.6 Å². The molecule has 0 aliphatic carbocycles. The zero-order valence-electron chi connectivity index (χ0n) is 16.7.